The van der Waals surface area contributed by atoms with Crippen LogP contribution in [0.4, 0.5) is 0 Å². The lowest BCUT2D eigenvalue weighted by Gasteiger charge is -2.15. The van der Waals surface area contributed by atoms with Crippen molar-refractivity contribution in [2.24, 2.45) is 0 Å². The highest BCUT2D eigenvalue weighted by Gasteiger charge is 2.50. The first kappa shape index (κ1) is 15.5. The molecular weight excluding hydrogens is 287 g/mol. The fourth-order valence-electron chi connectivity index (χ4n) is 2.26. The molecule has 2 atom stereocenters. The lowest BCUT2D eigenvalue weighted by atomic mass is 10.0. The number of allylic oxidation sites excluding steroid dienone is 4. The zero-order valence-corrected chi connectivity index (χ0v) is 13.2. The highest BCUT2D eigenvalue weighted by molar-refractivity contribution is 7.66. The summed E-state index contributed by atoms with van der Waals surface area (Å²) in [6.07, 6.45) is 8.02. The molecule has 0 saturated carbocycles. The van der Waals surface area contributed by atoms with E-state index in [1.807, 2.05) is 31.2 Å². The Labute approximate surface area is 125 Å². The second-order valence-corrected chi connectivity index (χ2v) is 7.00. The van der Waals surface area contributed by atoms with Gasteiger partial charge in [-0.05, 0) is 25.1 Å². The highest BCUT2D eigenvalue weighted by Crippen LogP contribution is 2.49. The standard InChI is InChI=1S/C16H18O4P/c1-16(10-5-4-6-11-16)21(18)15(17)14-12(19-2)8-7-9-13(14)20-3/h4-10H,11H2,1-3H3/q+1. The van der Waals surface area contributed by atoms with E-state index in [0.29, 0.717) is 17.9 Å². The minimum Gasteiger partial charge on any atom is -0.496 e. The maximum atomic E-state index is 12.8. The Kier molecular flexibility index (Phi) is 4.59. The molecule has 0 amide bonds. The van der Waals surface area contributed by atoms with Gasteiger partial charge in [0.05, 0.1) is 14.2 Å². The van der Waals surface area contributed by atoms with E-state index in [9.17, 15) is 9.36 Å². The summed E-state index contributed by atoms with van der Waals surface area (Å²) in [5.74, 6) is 0.753. The molecule has 21 heavy (non-hydrogen) atoms. The molecule has 0 bridgehead atoms. The third-order valence-electron chi connectivity index (χ3n) is 3.52. The van der Waals surface area contributed by atoms with Gasteiger partial charge in [0.15, 0.2) is 10.7 Å². The van der Waals surface area contributed by atoms with Crippen molar-refractivity contribution in [2.75, 3.05) is 14.2 Å². The van der Waals surface area contributed by atoms with Crippen molar-refractivity contribution >= 4 is 13.3 Å². The molecule has 1 aromatic carbocycles. The van der Waals surface area contributed by atoms with Gasteiger partial charge < -0.3 is 9.47 Å². The molecule has 0 N–H and O–H groups in total. The van der Waals surface area contributed by atoms with Crippen LogP contribution in [0.25, 0.3) is 0 Å². The van der Waals surface area contributed by atoms with Gasteiger partial charge in [-0.3, -0.25) is 0 Å². The summed E-state index contributed by atoms with van der Waals surface area (Å²) < 4.78 is 23.2. The number of carbonyl (C=O) groups is 1. The number of hydrogen-bond acceptors (Lipinski definition) is 4. The van der Waals surface area contributed by atoms with Gasteiger partial charge in [0.2, 0.25) is 0 Å². The average molecular weight is 305 g/mol. The van der Waals surface area contributed by atoms with E-state index in [4.69, 9.17) is 9.47 Å². The monoisotopic (exact) mass is 305 g/mol. The Morgan fingerprint density at radius 2 is 1.81 bits per heavy atom. The number of hydrogen-bond donors (Lipinski definition) is 0. The smallest absolute Gasteiger partial charge is 0.430 e. The third-order valence-corrected chi connectivity index (χ3v) is 5.38. The summed E-state index contributed by atoms with van der Waals surface area (Å²) in [6, 6.07) is 5.06. The first-order valence-electron chi connectivity index (χ1n) is 6.60. The molecule has 0 radical (unpaired) electrons. The van der Waals surface area contributed by atoms with Crippen molar-refractivity contribution in [1.82, 2.24) is 0 Å². The van der Waals surface area contributed by atoms with Crippen LogP contribution in [0.15, 0.2) is 42.5 Å². The van der Waals surface area contributed by atoms with E-state index in [1.54, 1.807) is 18.2 Å². The van der Waals surface area contributed by atoms with Gasteiger partial charge >= 0.3 is 13.3 Å². The summed E-state index contributed by atoms with van der Waals surface area (Å²) in [7, 11) is 0.802. The Morgan fingerprint density at radius 3 is 2.29 bits per heavy atom. The molecule has 0 fully saturated rings. The topological polar surface area (TPSA) is 52.6 Å². The van der Waals surface area contributed by atoms with E-state index >= 15 is 0 Å². The average Bonchev–Trinajstić information content (AvgIpc) is 2.53. The molecule has 0 aromatic heterocycles. The molecule has 1 aromatic rings. The molecule has 5 heteroatoms. The SMILES string of the molecule is COc1cccc(OC)c1C(=O)[P+](=O)C1(C)C=CC=CC1. The second-order valence-electron chi connectivity index (χ2n) is 4.99. The van der Waals surface area contributed by atoms with Crippen molar-refractivity contribution in [1.29, 1.82) is 0 Å². The van der Waals surface area contributed by atoms with Gasteiger partial charge in [0.1, 0.15) is 11.5 Å². The van der Waals surface area contributed by atoms with Gasteiger partial charge in [-0.1, -0.05) is 28.9 Å². The zero-order chi connectivity index (χ0) is 15.5. The zero-order valence-electron chi connectivity index (χ0n) is 12.3. The molecule has 2 unspecified atom stereocenters. The Morgan fingerprint density at radius 1 is 1.19 bits per heavy atom. The van der Waals surface area contributed by atoms with Crippen LogP contribution in [0.3, 0.4) is 0 Å². The van der Waals surface area contributed by atoms with Crippen LogP contribution in [0.1, 0.15) is 23.7 Å². The van der Waals surface area contributed by atoms with E-state index in [1.165, 1.54) is 14.2 Å². The summed E-state index contributed by atoms with van der Waals surface area (Å²) in [5.41, 5.74) is -0.200. The summed E-state index contributed by atoms with van der Waals surface area (Å²) in [5, 5.41) is -0.674. The van der Waals surface area contributed by atoms with Crippen molar-refractivity contribution < 1.29 is 18.8 Å². The van der Waals surface area contributed by atoms with E-state index in [2.05, 4.69) is 0 Å². The number of carbonyl (C=O) groups excluding carboxylic acids is 1. The lowest BCUT2D eigenvalue weighted by molar-refractivity contribution is 0.107. The van der Waals surface area contributed by atoms with Crippen molar-refractivity contribution in [3.8, 4) is 11.5 Å². The third kappa shape index (κ3) is 2.91. The summed E-state index contributed by atoms with van der Waals surface area (Å²) in [4.78, 5) is 12.7. The fraction of sp³-hybridized carbons (Fsp3) is 0.312. The molecule has 110 valence electrons. The minimum atomic E-state index is -2.15. The van der Waals surface area contributed by atoms with E-state index in [0.717, 1.165) is 0 Å². The first-order chi connectivity index (χ1) is 10.0. The van der Waals surface area contributed by atoms with Crippen LogP contribution < -0.4 is 9.47 Å². The molecule has 0 spiro atoms. The summed E-state index contributed by atoms with van der Waals surface area (Å²) >= 11 is 0. The predicted molar refractivity (Wildman–Crippen MR) is 82.8 cm³/mol. The van der Waals surface area contributed by atoms with Crippen LogP contribution >= 0.6 is 7.80 Å². The number of ether oxygens (including phenoxy) is 2. The van der Waals surface area contributed by atoms with Gasteiger partial charge in [-0.25, -0.2) is 4.79 Å². The molecule has 0 saturated heterocycles. The minimum absolute atomic E-state index is 0.243. The maximum Gasteiger partial charge on any atom is 0.430 e. The largest absolute Gasteiger partial charge is 0.496 e. The van der Waals surface area contributed by atoms with Gasteiger partial charge in [0.25, 0.3) is 0 Å². The maximum absolute atomic E-state index is 12.8. The van der Waals surface area contributed by atoms with Crippen LogP contribution in [0, 0.1) is 0 Å². The van der Waals surface area contributed by atoms with Crippen molar-refractivity contribution in [3.05, 3.63) is 48.1 Å². The molecule has 1 aliphatic carbocycles. The molecular formula is C16H18O4P+. The van der Waals surface area contributed by atoms with Gasteiger partial charge in [0, 0.05) is 6.42 Å². The molecule has 1 aliphatic rings. The van der Waals surface area contributed by atoms with E-state index < -0.39 is 18.5 Å². The number of methoxy groups -OCH3 is 2. The Balaban J connectivity index is 2.43. The molecule has 0 heterocycles. The van der Waals surface area contributed by atoms with Crippen LogP contribution in [-0.4, -0.2) is 24.9 Å². The highest BCUT2D eigenvalue weighted by atomic mass is 31.1. The van der Waals surface area contributed by atoms with Gasteiger partial charge in [-0.15, -0.1) is 0 Å². The lowest BCUT2D eigenvalue weighted by Crippen LogP contribution is -2.20. The summed E-state index contributed by atoms with van der Waals surface area (Å²) in [6.45, 7) is 1.82. The second kappa shape index (κ2) is 6.23. The van der Waals surface area contributed by atoms with Gasteiger partial charge in [-0.2, -0.15) is 0 Å². The Hall–Kier alpha value is -1.93. The number of rotatable bonds is 5. The quantitative estimate of drug-likeness (QED) is 0.773. The van der Waals surface area contributed by atoms with Crippen LogP contribution in [0.2, 0.25) is 0 Å². The molecule has 2 rings (SSSR count). The Bertz CT molecular complexity index is 611. The van der Waals surface area contributed by atoms with E-state index in [-0.39, 0.29) is 5.56 Å². The fourth-order valence-corrected chi connectivity index (χ4v) is 3.64. The molecule has 4 nitrogen and oxygen atoms in total. The first-order valence-corrected chi connectivity index (χ1v) is 7.86. The van der Waals surface area contributed by atoms with Crippen molar-refractivity contribution in [3.63, 3.8) is 0 Å². The van der Waals surface area contributed by atoms with Crippen LogP contribution in [-0.2, 0) is 4.57 Å². The number of benzene rings is 1. The van der Waals surface area contributed by atoms with Crippen LogP contribution in [0.5, 0.6) is 11.5 Å². The predicted octanol–water partition coefficient (Wildman–Crippen LogP) is 3.95. The van der Waals surface area contributed by atoms with Crippen molar-refractivity contribution in [2.45, 2.75) is 18.5 Å². The molecule has 0 aliphatic heterocycles. The normalized spacial score (nSPS) is 21.0.